The number of hydrogen-bond donors (Lipinski definition) is 2. The number of thiazole rings is 1. The van der Waals surface area contributed by atoms with Crippen molar-refractivity contribution in [2.24, 2.45) is 0 Å². The summed E-state index contributed by atoms with van der Waals surface area (Å²) in [7, 11) is 1.62. The van der Waals surface area contributed by atoms with E-state index < -0.39 is 0 Å². The predicted octanol–water partition coefficient (Wildman–Crippen LogP) is 3.96. The molecule has 2 heterocycles. The molecule has 136 valence electrons. The Morgan fingerprint density at radius 1 is 1.19 bits per heavy atom. The van der Waals surface area contributed by atoms with Gasteiger partial charge in [0.1, 0.15) is 16.5 Å². The second-order valence-electron chi connectivity index (χ2n) is 6.14. The molecule has 4 rings (SSSR count). The number of nitrogens with one attached hydrogen (secondary N) is 2. The number of aromatic nitrogens is 1. The highest BCUT2D eigenvalue weighted by Crippen LogP contribution is 2.28. The summed E-state index contributed by atoms with van der Waals surface area (Å²) in [6, 6.07) is 13.0. The standard InChI is InChI=1S/C20H17N3O3S/c1-26-15-6-2-12(3-7-15)20-23-17(11-27-20)19(25)21-14-5-8-16-13(10-14)4-9-18(24)22-16/h2-3,5-8,10-11H,4,9H2,1H3,(H,21,25)(H,22,24). The lowest BCUT2D eigenvalue weighted by Gasteiger charge is -2.17. The van der Waals surface area contributed by atoms with Gasteiger partial charge in [-0.25, -0.2) is 4.98 Å². The van der Waals surface area contributed by atoms with Crippen LogP contribution in [0.15, 0.2) is 47.8 Å². The SMILES string of the molecule is COc1ccc(-c2nc(C(=O)Nc3ccc4c(c3)CCC(=O)N4)cs2)cc1. The summed E-state index contributed by atoms with van der Waals surface area (Å²) in [6.45, 7) is 0. The summed E-state index contributed by atoms with van der Waals surface area (Å²) >= 11 is 1.42. The van der Waals surface area contributed by atoms with Gasteiger partial charge in [-0.15, -0.1) is 11.3 Å². The minimum absolute atomic E-state index is 0.0211. The highest BCUT2D eigenvalue weighted by atomic mass is 32.1. The maximum atomic E-state index is 12.5. The van der Waals surface area contributed by atoms with Crippen LogP contribution in [0.3, 0.4) is 0 Å². The Bertz CT molecular complexity index is 1010. The summed E-state index contributed by atoms with van der Waals surface area (Å²) in [5.74, 6) is 0.537. The number of anilines is 2. The lowest BCUT2D eigenvalue weighted by Crippen LogP contribution is -2.19. The van der Waals surface area contributed by atoms with E-state index in [1.54, 1.807) is 18.6 Å². The predicted molar refractivity (Wildman–Crippen MR) is 105 cm³/mol. The molecule has 0 spiro atoms. The number of benzene rings is 2. The van der Waals surface area contributed by atoms with Crippen LogP contribution < -0.4 is 15.4 Å². The number of amides is 2. The molecule has 1 aliphatic rings. The zero-order valence-electron chi connectivity index (χ0n) is 14.6. The molecule has 1 aliphatic heterocycles. The number of ether oxygens (including phenoxy) is 1. The van der Waals surface area contributed by atoms with Crippen molar-refractivity contribution >= 4 is 34.5 Å². The van der Waals surface area contributed by atoms with Crippen LogP contribution >= 0.6 is 11.3 Å². The summed E-state index contributed by atoms with van der Waals surface area (Å²) in [5, 5.41) is 8.22. The number of carbonyl (C=O) groups is 2. The molecule has 0 fully saturated rings. The molecule has 0 radical (unpaired) electrons. The van der Waals surface area contributed by atoms with E-state index >= 15 is 0 Å². The van der Waals surface area contributed by atoms with Gasteiger partial charge in [0.05, 0.1) is 7.11 Å². The van der Waals surface area contributed by atoms with Crippen LogP contribution in [0.5, 0.6) is 5.75 Å². The third-order valence-corrected chi connectivity index (χ3v) is 5.22. The second kappa shape index (κ2) is 7.20. The van der Waals surface area contributed by atoms with Gasteiger partial charge in [-0.05, 0) is 54.4 Å². The van der Waals surface area contributed by atoms with E-state index in [1.165, 1.54) is 11.3 Å². The topological polar surface area (TPSA) is 80.3 Å². The number of fused-ring (bicyclic) bond motifs is 1. The highest BCUT2D eigenvalue weighted by Gasteiger charge is 2.17. The molecule has 3 aromatic rings. The Morgan fingerprint density at radius 2 is 2.00 bits per heavy atom. The van der Waals surface area contributed by atoms with E-state index in [2.05, 4.69) is 15.6 Å². The van der Waals surface area contributed by atoms with Crippen molar-refractivity contribution in [2.45, 2.75) is 12.8 Å². The molecule has 6 nitrogen and oxygen atoms in total. The molecular formula is C20H17N3O3S. The Balaban J connectivity index is 1.49. The van der Waals surface area contributed by atoms with Crippen molar-refractivity contribution in [3.05, 3.63) is 59.1 Å². The average molecular weight is 379 g/mol. The van der Waals surface area contributed by atoms with Gasteiger partial charge in [0.15, 0.2) is 0 Å². The molecule has 0 saturated carbocycles. The van der Waals surface area contributed by atoms with Gasteiger partial charge >= 0.3 is 0 Å². The van der Waals surface area contributed by atoms with E-state index in [1.807, 2.05) is 36.4 Å². The van der Waals surface area contributed by atoms with E-state index in [-0.39, 0.29) is 11.8 Å². The molecule has 7 heteroatoms. The highest BCUT2D eigenvalue weighted by molar-refractivity contribution is 7.13. The molecule has 0 aliphatic carbocycles. The number of nitrogens with zero attached hydrogens (tertiary/aromatic N) is 1. The molecule has 0 bridgehead atoms. The van der Waals surface area contributed by atoms with Crippen LogP contribution in [-0.2, 0) is 11.2 Å². The first kappa shape index (κ1) is 17.2. The minimum Gasteiger partial charge on any atom is -0.497 e. The Morgan fingerprint density at radius 3 is 2.78 bits per heavy atom. The van der Waals surface area contributed by atoms with Crippen LogP contribution in [0.1, 0.15) is 22.5 Å². The van der Waals surface area contributed by atoms with Crippen LogP contribution in [0.2, 0.25) is 0 Å². The van der Waals surface area contributed by atoms with Crippen LogP contribution in [0.25, 0.3) is 10.6 Å². The van der Waals surface area contributed by atoms with Crippen molar-refractivity contribution in [3.8, 4) is 16.3 Å². The van der Waals surface area contributed by atoms with E-state index in [9.17, 15) is 9.59 Å². The molecule has 0 unspecified atom stereocenters. The van der Waals surface area contributed by atoms with Crippen LogP contribution in [0.4, 0.5) is 11.4 Å². The second-order valence-corrected chi connectivity index (χ2v) is 7.00. The molecule has 2 amide bonds. The third kappa shape index (κ3) is 3.68. The Hall–Kier alpha value is -3.19. The van der Waals surface area contributed by atoms with Crippen molar-refractivity contribution in [1.29, 1.82) is 0 Å². The number of rotatable bonds is 4. The number of aryl methyl sites for hydroxylation is 1. The van der Waals surface area contributed by atoms with Gasteiger partial charge in [-0.3, -0.25) is 9.59 Å². The van der Waals surface area contributed by atoms with Crippen LogP contribution in [0, 0.1) is 0 Å². The van der Waals surface area contributed by atoms with Gasteiger partial charge < -0.3 is 15.4 Å². The van der Waals surface area contributed by atoms with Gasteiger partial charge in [-0.1, -0.05) is 0 Å². The molecule has 2 N–H and O–H groups in total. The zero-order chi connectivity index (χ0) is 18.8. The third-order valence-electron chi connectivity index (χ3n) is 4.33. The van der Waals surface area contributed by atoms with Gasteiger partial charge in [0.25, 0.3) is 5.91 Å². The quantitative estimate of drug-likeness (QED) is 0.719. The number of carbonyl (C=O) groups excluding carboxylic acids is 2. The fraction of sp³-hybridized carbons (Fsp3) is 0.150. The van der Waals surface area contributed by atoms with Crippen molar-refractivity contribution in [2.75, 3.05) is 17.7 Å². The lowest BCUT2D eigenvalue weighted by atomic mass is 10.0. The normalized spacial score (nSPS) is 12.9. The first-order chi connectivity index (χ1) is 13.1. The summed E-state index contributed by atoms with van der Waals surface area (Å²) < 4.78 is 5.16. The molecule has 2 aromatic carbocycles. The summed E-state index contributed by atoms with van der Waals surface area (Å²) in [4.78, 5) is 28.4. The maximum Gasteiger partial charge on any atom is 0.275 e. The summed E-state index contributed by atoms with van der Waals surface area (Å²) in [6.07, 6.45) is 1.13. The molecule has 0 atom stereocenters. The van der Waals surface area contributed by atoms with Gasteiger partial charge in [0.2, 0.25) is 5.91 Å². The molecule has 0 saturated heterocycles. The van der Waals surface area contributed by atoms with Crippen molar-refractivity contribution in [3.63, 3.8) is 0 Å². The number of methoxy groups -OCH3 is 1. The molecule has 1 aromatic heterocycles. The zero-order valence-corrected chi connectivity index (χ0v) is 15.4. The largest absolute Gasteiger partial charge is 0.497 e. The molecular weight excluding hydrogens is 362 g/mol. The van der Waals surface area contributed by atoms with Crippen molar-refractivity contribution in [1.82, 2.24) is 4.98 Å². The van der Waals surface area contributed by atoms with Crippen molar-refractivity contribution < 1.29 is 14.3 Å². The first-order valence-electron chi connectivity index (χ1n) is 8.46. The maximum absolute atomic E-state index is 12.5. The summed E-state index contributed by atoms with van der Waals surface area (Å²) in [5.41, 5.74) is 3.82. The van der Waals surface area contributed by atoms with E-state index in [0.29, 0.717) is 24.2 Å². The fourth-order valence-corrected chi connectivity index (χ4v) is 3.71. The smallest absolute Gasteiger partial charge is 0.275 e. The lowest BCUT2D eigenvalue weighted by molar-refractivity contribution is -0.116. The number of hydrogen-bond acceptors (Lipinski definition) is 5. The van der Waals surface area contributed by atoms with Gasteiger partial charge in [0, 0.05) is 28.7 Å². The average Bonchev–Trinajstić information content (AvgIpc) is 3.18. The Kier molecular flexibility index (Phi) is 4.60. The first-order valence-corrected chi connectivity index (χ1v) is 9.34. The minimum atomic E-state index is -0.259. The van der Waals surface area contributed by atoms with Gasteiger partial charge in [-0.2, -0.15) is 0 Å². The molecule has 27 heavy (non-hydrogen) atoms. The Labute approximate surface area is 160 Å². The fourth-order valence-electron chi connectivity index (χ4n) is 2.90. The van der Waals surface area contributed by atoms with E-state index in [0.717, 1.165) is 27.6 Å². The monoisotopic (exact) mass is 379 g/mol. The van der Waals surface area contributed by atoms with Crippen LogP contribution in [-0.4, -0.2) is 23.9 Å². The van der Waals surface area contributed by atoms with E-state index in [4.69, 9.17) is 4.74 Å².